The predicted octanol–water partition coefficient (Wildman–Crippen LogP) is 6.36. The molecule has 41 heavy (non-hydrogen) atoms. The highest BCUT2D eigenvalue weighted by atomic mass is 35.5. The van der Waals surface area contributed by atoms with Crippen molar-refractivity contribution < 1.29 is 22.4 Å². The van der Waals surface area contributed by atoms with Crippen LogP contribution in [0.1, 0.15) is 45.2 Å². The molecule has 0 aliphatic carbocycles. The van der Waals surface area contributed by atoms with Crippen molar-refractivity contribution in [1.82, 2.24) is 10.2 Å². The van der Waals surface area contributed by atoms with Crippen LogP contribution in [-0.4, -0.2) is 43.3 Å². The highest BCUT2D eigenvalue weighted by molar-refractivity contribution is 7.92. The molecule has 0 aromatic heterocycles. The van der Waals surface area contributed by atoms with Crippen LogP contribution < -0.4 is 9.62 Å². The normalized spacial score (nSPS) is 12.5. The quantitative estimate of drug-likeness (QED) is 0.285. The molecule has 2 amide bonds. The lowest BCUT2D eigenvalue weighted by Gasteiger charge is -2.35. The van der Waals surface area contributed by atoms with E-state index in [1.165, 1.54) is 35.2 Å². The van der Waals surface area contributed by atoms with Gasteiger partial charge < -0.3 is 10.2 Å². The third kappa shape index (κ3) is 8.44. The van der Waals surface area contributed by atoms with Crippen molar-refractivity contribution in [3.05, 3.63) is 93.7 Å². The van der Waals surface area contributed by atoms with Gasteiger partial charge in [-0.1, -0.05) is 53.9 Å². The Balaban J connectivity index is 2.09. The number of nitrogens with zero attached hydrogens (tertiary/aromatic N) is 2. The van der Waals surface area contributed by atoms with Crippen LogP contribution in [0.5, 0.6) is 0 Å². The van der Waals surface area contributed by atoms with E-state index in [1.54, 1.807) is 31.2 Å². The number of halogens is 3. The van der Waals surface area contributed by atoms with E-state index < -0.39 is 45.8 Å². The second kappa shape index (κ2) is 13.2. The molecular weight excluding hydrogens is 588 g/mol. The van der Waals surface area contributed by atoms with Gasteiger partial charge in [-0.05, 0) is 88.2 Å². The van der Waals surface area contributed by atoms with Crippen LogP contribution in [0, 0.1) is 12.7 Å². The van der Waals surface area contributed by atoms with Crippen LogP contribution in [0.15, 0.2) is 71.6 Å². The summed E-state index contributed by atoms with van der Waals surface area (Å²) in [6, 6.07) is 14.9. The fourth-order valence-electron chi connectivity index (χ4n) is 4.18. The summed E-state index contributed by atoms with van der Waals surface area (Å²) in [5, 5.41) is 3.61. The number of anilines is 1. The zero-order valence-corrected chi connectivity index (χ0v) is 25.9. The molecule has 0 saturated carbocycles. The molecule has 0 radical (unpaired) electrons. The maximum atomic E-state index is 14.1. The fraction of sp³-hybridized carbons (Fsp3) is 0.333. The molecule has 0 spiro atoms. The highest BCUT2D eigenvalue weighted by Crippen LogP contribution is 2.27. The van der Waals surface area contributed by atoms with Gasteiger partial charge in [0.05, 0.1) is 10.6 Å². The number of carbonyl (C=O) groups excluding carboxylic acids is 2. The van der Waals surface area contributed by atoms with Crippen molar-refractivity contribution in [3.8, 4) is 0 Å². The third-order valence-electron chi connectivity index (χ3n) is 6.24. The number of benzene rings is 3. The van der Waals surface area contributed by atoms with Crippen LogP contribution in [0.2, 0.25) is 10.0 Å². The average molecular weight is 623 g/mol. The lowest BCUT2D eigenvalue weighted by Crippen LogP contribution is -2.55. The average Bonchev–Trinajstić information content (AvgIpc) is 2.88. The van der Waals surface area contributed by atoms with Crippen molar-refractivity contribution in [3.63, 3.8) is 0 Å². The van der Waals surface area contributed by atoms with E-state index in [4.69, 9.17) is 23.2 Å². The highest BCUT2D eigenvalue weighted by Gasteiger charge is 2.35. The molecule has 3 rings (SSSR count). The van der Waals surface area contributed by atoms with Gasteiger partial charge in [0.15, 0.2) is 0 Å². The lowest BCUT2D eigenvalue weighted by molar-refractivity contribution is -0.141. The predicted molar refractivity (Wildman–Crippen MR) is 161 cm³/mol. The molecule has 0 aliphatic rings. The van der Waals surface area contributed by atoms with Crippen LogP contribution in [0.25, 0.3) is 0 Å². The zero-order chi connectivity index (χ0) is 30.5. The van der Waals surface area contributed by atoms with Gasteiger partial charge in [0.25, 0.3) is 10.0 Å². The fourth-order valence-corrected chi connectivity index (χ4v) is 6.06. The standard InChI is InChI=1S/C30H34Cl2FN3O4S/c1-6-27(29(38)34-30(3,4)5)35(18-21-9-10-22(31)17-26(21)32)28(37)19-36(24-13-11-23(33)12-14-24)41(39,40)25-15-7-20(2)8-16-25/h7-17,27H,6,18-19H2,1-5H3,(H,34,38). The molecule has 1 N–H and O–H groups in total. The van der Waals surface area contributed by atoms with Gasteiger partial charge in [-0.2, -0.15) is 0 Å². The molecule has 0 saturated heterocycles. The van der Waals surface area contributed by atoms with E-state index in [0.29, 0.717) is 15.6 Å². The number of amides is 2. The smallest absolute Gasteiger partial charge is 0.264 e. The van der Waals surface area contributed by atoms with Gasteiger partial charge >= 0.3 is 0 Å². The Morgan fingerprint density at radius 1 is 0.976 bits per heavy atom. The summed E-state index contributed by atoms with van der Waals surface area (Å²) in [6.07, 6.45) is 0.250. The number of rotatable bonds is 10. The van der Waals surface area contributed by atoms with Gasteiger partial charge in [0.2, 0.25) is 11.8 Å². The molecule has 0 heterocycles. The summed E-state index contributed by atoms with van der Waals surface area (Å²) in [5.41, 5.74) is 0.902. The van der Waals surface area contributed by atoms with Gasteiger partial charge in [0.1, 0.15) is 18.4 Å². The Morgan fingerprint density at radius 2 is 1.59 bits per heavy atom. The Hall–Kier alpha value is -3.14. The summed E-state index contributed by atoms with van der Waals surface area (Å²) >= 11 is 12.5. The first kappa shape index (κ1) is 32.4. The summed E-state index contributed by atoms with van der Waals surface area (Å²) in [4.78, 5) is 28.7. The minimum absolute atomic E-state index is 0.0370. The van der Waals surface area contributed by atoms with Crippen molar-refractivity contribution in [2.45, 2.75) is 64.1 Å². The molecule has 1 unspecified atom stereocenters. The summed E-state index contributed by atoms with van der Waals surface area (Å²) in [6.45, 7) is 8.33. The van der Waals surface area contributed by atoms with E-state index in [1.807, 2.05) is 27.7 Å². The second-order valence-corrected chi connectivity index (χ2v) is 13.4. The van der Waals surface area contributed by atoms with E-state index in [9.17, 15) is 22.4 Å². The van der Waals surface area contributed by atoms with Crippen LogP contribution >= 0.6 is 23.2 Å². The summed E-state index contributed by atoms with van der Waals surface area (Å²) in [7, 11) is -4.26. The van der Waals surface area contributed by atoms with Crippen LogP contribution in [0.3, 0.4) is 0 Å². The van der Waals surface area contributed by atoms with Crippen LogP contribution in [-0.2, 0) is 26.2 Å². The number of nitrogens with one attached hydrogen (secondary N) is 1. The van der Waals surface area contributed by atoms with Crippen molar-refractivity contribution >= 4 is 50.7 Å². The minimum Gasteiger partial charge on any atom is -0.350 e. The maximum absolute atomic E-state index is 14.1. The molecule has 0 fully saturated rings. The number of aryl methyl sites for hydroxylation is 1. The van der Waals surface area contributed by atoms with Crippen molar-refractivity contribution in [2.24, 2.45) is 0 Å². The Kier molecular flexibility index (Phi) is 10.4. The van der Waals surface area contributed by atoms with E-state index >= 15 is 0 Å². The first-order chi connectivity index (χ1) is 19.1. The van der Waals surface area contributed by atoms with E-state index in [-0.39, 0.29) is 23.5 Å². The monoisotopic (exact) mass is 621 g/mol. The Labute approximate surface area is 251 Å². The largest absolute Gasteiger partial charge is 0.350 e. The lowest BCUT2D eigenvalue weighted by atomic mass is 10.1. The number of hydrogen-bond acceptors (Lipinski definition) is 4. The molecule has 3 aromatic carbocycles. The number of carbonyl (C=O) groups is 2. The van der Waals surface area contributed by atoms with E-state index in [0.717, 1.165) is 22.0 Å². The number of sulfonamides is 1. The first-order valence-electron chi connectivity index (χ1n) is 13.0. The van der Waals surface area contributed by atoms with Gasteiger partial charge in [-0.3, -0.25) is 13.9 Å². The van der Waals surface area contributed by atoms with E-state index in [2.05, 4.69) is 5.32 Å². The summed E-state index contributed by atoms with van der Waals surface area (Å²) in [5.74, 6) is -1.60. The molecular formula is C30H34Cl2FN3O4S. The van der Waals surface area contributed by atoms with Crippen molar-refractivity contribution in [1.29, 1.82) is 0 Å². The summed E-state index contributed by atoms with van der Waals surface area (Å²) < 4.78 is 42.4. The van der Waals surface area contributed by atoms with Crippen molar-refractivity contribution in [2.75, 3.05) is 10.8 Å². The molecule has 0 bridgehead atoms. The number of hydrogen-bond donors (Lipinski definition) is 1. The Morgan fingerprint density at radius 3 is 2.12 bits per heavy atom. The van der Waals surface area contributed by atoms with Gasteiger partial charge in [-0.25, -0.2) is 12.8 Å². The molecule has 220 valence electrons. The van der Waals surface area contributed by atoms with Gasteiger partial charge in [-0.15, -0.1) is 0 Å². The zero-order valence-electron chi connectivity index (χ0n) is 23.6. The van der Waals surface area contributed by atoms with Crippen LogP contribution in [0.4, 0.5) is 10.1 Å². The molecule has 11 heteroatoms. The molecule has 1 atom stereocenters. The second-order valence-electron chi connectivity index (χ2n) is 10.7. The third-order valence-corrected chi connectivity index (χ3v) is 8.62. The topological polar surface area (TPSA) is 86.8 Å². The van der Waals surface area contributed by atoms with Gasteiger partial charge in [0, 0.05) is 22.1 Å². The minimum atomic E-state index is -4.26. The maximum Gasteiger partial charge on any atom is 0.264 e. The first-order valence-corrected chi connectivity index (χ1v) is 15.2. The molecule has 7 nitrogen and oxygen atoms in total. The molecule has 3 aromatic rings. The SMILES string of the molecule is CCC(C(=O)NC(C)(C)C)N(Cc1ccc(Cl)cc1Cl)C(=O)CN(c1ccc(F)cc1)S(=O)(=O)c1ccc(C)cc1. The Bertz CT molecular complexity index is 1490. The molecule has 0 aliphatic heterocycles.